The Hall–Kier alpha value is -2.04. The van der Waals surface area contributed by atoms with E-state index in [1.54, 1.807) is 0 Å². The van der Waals surface area contributed by atoms with Crippen molar-refractivity contribution in [2.45, 2.75) is 48.7 Å². The minimum Gasteiger partial charge on any atom is -0.477 e. The number of amides is 2. The van der Waals surface area contributed by atoms with Crippen molar-refractivity contribution < 1.29 is 33.0 Å². The van der Waals surface area contributed by atoms with Crippen LogP contribution in [0, 0.1) is 11.8 Å². The number of sulfonamides is 1. The number of rotatable bonds is 7. The van der Waals surface area contributed by atoms with E-state index >= 15 is 0 Å². The summed E-state index contributed by atoms with van der Waals surface area (Å²) in [6.45, 7) is 3.80. The number of carboxylic acid groups (broad SMARTS) is 1. The predicted octanol–water partition coefficient (Wildman–Crippen LogP) is -0.654. The van der Waals surface area contributed by atoms with E-state index in [-0.39, 0.29) is 32.9 Å². The van der Waals surface area contributed by atoms with Gasteiger partial charge in [0.15, 0.2) is 10.2 Å². The molecule has 1 aromatic rings. The Morgan fingerprint density at radius 1 is 1.45 bits per heavy atom. The number of aliphatic hydroxyl groups is 1. The van der Waals surface area contributed by atoms with Gasteiger partial charge in [0.1, 0.15) is 5.70 Å². The van der Waals surface area contributed by atoms with Gasteiger partial charge in [-0.25, -0.2) is 23.3 Å². The molecule has 2 amide bonds. The second-order valence-electron chi connectivity index (χ2n) is 8.23. The van der Waals surface area contributed by atoms with E-state index in [1.807, 2.05) is 6.92 Å². The van der Waals surface area contributed by atoms with Crippen LogP contribution in [0.3, 0.4) is 0 Å². The van der Waals surface area contributed by atoms with E-state index in [0.717, 1.165) is 11.3 Å². The summed E-state index contributed by atoms with van der Waals surface area (Å²) < 4.78 is 22.7. The van der Waals surface area contributed by atoms with E-state index in [4.69, 9.17) is 5.14 Å². The third kappa shape index (κ3) is 4.28. The molecule has 180 valence electrons. The zero-order valence-corrected chi connectivity index (χ0v) is 20.0. The first kappa shape index (κ1) is 24.1. The Balaban J connectivity index is 1.42. The number of nitrogens with two attached hydrogens (primary N) is 1. The fourth-order valence-corrected chi connectivity index (χ4v) is 7.50. The normalized spacial score (nSPS) is 30.2. The van der Waals surface area contributed by atoms with E-state index in [9.17, 15) is 33.0 Å². The van der Waals surface area contributed by atoms with Crippen LogP contribution in [0.2, 0.25) is 0 Å². The highest BCUT2D eigenvalue weighted by atomic mass is 32.2. The van der Waals surface area contributed by atoms with Crippen molar-refractivity contribution >= 4 is 56.0 Å². The topological polar surface area (TPSA) is 192 Å². The maximum absolute atomic E-state index is 12.6. The van der Waals surface area contributed by atoms with Crippen LogP contribution >= 0.6 is 23.1 Å². The van der Waals surface area contributed by atoms with Crippen LogP contribution in [0.4, 0.5) is 5.13 Å². The lowest BCUT2D eigenvalue weighted by Gasteiger charge is -2.46. The summed E-state index contributed by atoms with van der Waals surface area (Å²) >= 11 is 2.27. The van der Waals surface area contributed by atoms with E-state index < -0.39 is 46.0 Å². The number of thioether (sulfide) groups is 1. The van der Waals surface area contributed by atoms with Gasteiger partial charge in [0, 0.05) is 28.0 Å². The number of nitrogens with zero attached hydrogens (tertiary/aromatic N) is 2. The Bertz CT molecular complexity index is 1150. The van der Waals surface area contributed by atoms with Gasteiger partial charge in [-0.3, -0.25) is 9.59 Å². The first-order valence-electron chi connectivity index (χ1n) is 10.1. The number of anilines is 1. The van der Waals surface area contributed by atoms with Crippen molar-refractivity contribution in [1.82, 2.24) is 15.2 Å². The quantitative estimate of drug-likeness (QED) is 0.290. The number of nitrogens with one attached hydrogen (secondary N) is 2. The highest BCUT2D eigenvalue weighted by Gasteiger charge is 2.60. The summed E-state index contributed by atoms with van der Waals surface area (Å²) in [6, 6.07) is -0.976. The number of aromatic nitrogens is 1. The molecule has 3 aliphatic rings. The minimum absolute atomic E-state index is 0.0504. The van der Waals surface area contributed by atoms with Crippen molar-refractivity contribution in [2.24, 2.45) is 17.0 Å². The van der Waals surface area contributed by atoms with Crippen molar-refractivity contribution in [3.05, 3.63) is 16.0 Å². The molecule has 2 saturated heterocycles. The molecule has 33 heavy (non-hydrogen) atoms. The molecule has 4 rings (SSSR count). The van der Waals surface area contributed by atoms with Gasteiger partial charge in [-0.05, 0) is 13.3 Å². The number of thiazole rings is 1. The summed E-state index contributed by atoms with van der Waals surface area (Å²) in [5.41, 5.74) is -0.0504. The Morgan fingerprint density at radius 2 is 2.15 bits per heavy atom. The van der Waals surface area contributed by atoms with Crippen LogP contribution in [0.25, 0.3) is 0 Å². The largest absolute Gasteiger partial charge is 0.477 e. The monoisotopic (exact) mass is 517 g/mol. The van der Waals surface area contributed by atoms with Gasteiger partial charge in [0.05, 0.1) is 24.1 Å². The van der Waals surface area contributed by atoms with Crippen LogP contribution in [0.5, 0.6) is 0 Å². The maximum atomic E-state index is 12.6. The van der Waals surface area contributed by atoms with Crippen molar-refractivity contribution in [3.8, 4) is 0 Å². The first-order valence-corrected chi connectivity index (χ1v) is 13.4. The number of hydrogen-bond acceptors (Lipinski definition) is 10. The fourth-order valence-electron chi connectivity index (χ4n) is 4.49. The lowest BCUT2D eigenvalue weighted by Crippen LogP contribution is -2.63. The average Bonchev–Trinajstić information content (AvgIpc) is 3.40. The molecule has 4 heterocycles. The lowest BCUT2D eigenvalue weighted by atomic mass is 9.79. The molecular formula is C18H23N5O7S3. The van der Waals surface area contributed by atoms with Gasteiger partial charge in [-0.2, -0.15) is 0 Å². The molecule has 0 saturated carbocycles. The molecule has 6 atom stereocenters. The molecule has 6 N–H and O–H groups in total. The summed E-state index contributed by atoms with van der Waals surface area (Å²) in [7, 11) is -3.96. The number of carbonyl (C=O) groups excluding carboxylic acids is 2. The average molecular weight is 518 g/mol. The molecule has 0 bridgehead atoms. The minimum atomic E-state index is -3.96. The fraction of sp³-hybridized carbons (Fsp3) is 0.556. The van der Waals surface area contributed by atoms with Gasteiger partial charge >= 0.3 is 5.97 Å². The number of carbonyl (C=O) groups is 3. The summed E-state index contributed by atoms with van der Waals surface area (Å²) in [5.74, 6) is -2.86. The maximum Gasteiger partial charge on any atom is 0.353 e. The Morgan fingerprint density at radius 3 is 2.73 bits per heavy atom. The van der Waals surface area contributed by atoms with Gasteiger partial charge in [-0.15, -0.1) is 23.1 Å². The number of aliphatic carboxylic acids is 1. The van der Waals surface area contributed by atoms with E-state index in [0.29, 0.717) is 17.9 Å². The molecule has 15 heteroatoms. The number of carboxylic acids is 1. The van der Waals surface area contributed by atoms with Crippen molar-refractivity contribution in [1.29, 1.82) is 0 Å². The molecule has 12 nitrogen and oxygen atoms in total. The smallest absolute Gasteiger partial charge is 0.353 e. The molecule has 0 aliphatic carbocycles. The number of primary sulfonamides is 1. The zero-order valence-electron chi connectivity index (χ0n) is 17.6. The zero-order chi connectivity index (χ0) is 24.2. The third-order valence-corrected chi connectivity index (χ3v) is 9.23. The molecular weight excluding hydrogens is 494 g/mol. The van der Waals surface area contributed by atoms with E-state index in [1.165, 1.54) is 29.0 Å². The van der Waals surface area contributed by atoms with Crippen LogP contribution in [0.15, 0.2) is 21.0 Å². The molecule has 0 spiro atoms. The molecule has 0 aromatic carbocycles. The third-order valence-electron chi connectivity index (χ3n) is 6.02. The summed E-state index contributed by atoms with van der Waals surface area (Å²) in [5, 5.41) is 31.2. The molecule has 3 aliphatic heterocycles. The first-order chi connectivity index (χ1) is 15.4. The standard InChI is InChI=1S/C18H23N5O7S3/c1-6-12-11(7(2)24)16(26)23(12)13(17(27)28)14(6)32-8-3-9(20-4-8)15(25)22-18-21-10(5-31-18)33(19,29)30/h5-9,11-12,20,24H,3-4H2,1-2H3,(H,27,28)(H2,19,29,30)(H,21,22,25)/t6?,7-,8+,9+,11-,12-/m1/s1. The van der Waals surface area contributed by atoms with Crippen molar-refractivity contribution in [3.63, 3.8) is 0 Å². The van der Waals surface area contributed by atoms with Gasteiger partial charge < -0.3 is 25.7 Å². The van der Waals surface area contributed by atoms with Crippen molar-refractivity contribution in [2.75, 3.05) is 11.9 Å². The SMILES string of the molecule is CC1C(S[C@@H]2CN[C@H](C(=O)Nc3nc(S(N)(=O)=O)cs3)C2)=C(C(=O)O)N2C(=O)[C@H]([C@@H](C)O)[C@@H]12. The Kier molecular flexibility index (Phi) is 6.30. The van der Waals surface area contributed by atoms with Gasteiger partial charge in [0.25, 0.3) is 10.0 Å². The number of aliphatic hydroxyl groups excluding tert-OH is 1. The van der Waals surface area contributed by atoms with Crippen LogP contribution in [-0.4, -0.2) is 76.3 Å². The van der Waals surface area contributed by atoms with E-state index in [2.05, 4.69) is 15.6 Å². The molecule has 1 aromatic heterocycles. The summed E-state index contributed by atoms with van der Waals surface area (Å²) in [4.78, 5) is 42.6. The predicted molar refractivity (Wildman–Crippen MR) is 120 cm³/mol. The molecule has 0 radical (unpaired) electrons. The molecule has 2 fully saturated rings. The summed E-state index contributed by atoms with van der Waals surface area (Å²) in [6.07, 6.45) is -0.478. The van der Waals surface area contributed by atoms with Gasteiger partial charge in [-0.1, -0.05) is 6.92 Å². The molecule has 1 unspecified atom stereocenters. The van der Waals surface area contributed by atoms with Gasteiger partial charge in [0.2, 0.25) is 11.8 Å². The van der Waals surface area contributed by atoms with Crippen LogP contribution in [-0.2, 0) is 24.4 Å². The van der Waals surface area contributed by atoms with Crippen LogP contribution < -0.4 is 15.8 Å². The Labute approximate surface area is 197 Å². The highest BCUT2D eigenvalue weighted by Crippen LogP contribution is 2.51. The second kappa shape index (κ2) is 8.63. The number of fused-ring (bicyclic) bond motifs is 1. The highest BCUT2D eigenvalue weighted by molar-refractivity contribution is 8.03. The lowest BCUT2D eigenvalue weighted by molar-refractivity contribution is -0.163. The van der Waals surface area contributed by atoms with Crippen LogP contribution in [0.1, 0.15) is 20.3 Å². The second-order valence-corrected chi connectivity index (χ2v) is 11.9. The number of β-lactam (4-membered cyclic amide) rings is 1. The number of hydrogen-bond donors (Lipinski definition) is 5.